The molecule has 2 aliphatic heterocycles. The average Bonchev–Trinajstić information content (AvgIpc) is 2.33. The summed E-state index contributed by atoms with van der Waals surface area (Å²) in [6.07, 6.45) is 6.36. The lowest BCUT2D eigenvalue weighted by Gasteiger charge is -2.08. The second-order valence-electron chi connectivity index (χ2n) is 4.47. The van der Waals surface area contributed by atoms with Crippen LogP contribution in [0.15, 0.2) is 42.6 Å². The molecular weight excluding hydrogens is 194 g/mol. The Hall–Kier alpha value is -1.63. The molecule has 0 spiro atoms. The molecule has 0 N–H and O–H groups in total. The summed E-state index contributed by atoms with van der Waals surface area (Å²) in [7, 11) is 0. The molecule has 0 saturated carbocycles. The zero-order chi connectivity index (χ0) is 10.8. The Labute approximate surface area is 96.2 Å². The minimum Gasteiger partial charge on any atom is -0.261 e. The summed E-state index contributed by atoms with van der Waals surface area (Å²) >= 11 is 0. The molecule has 1 heteroatoms. The Morgan fingerprint density at radius 2 is 1.19 bits per heavy atom. The number of nitrogens with zero attached hydrogens (tertiary/aromatic N) is 1. The minimum absolute atomic E-state index is 1.04. The summed E-state index contributed by atoms with van der Waals surface area (Å²) in [5.41, 5.74) is 5.38. The van der Waals surface area contributed by atoms with E-state index in [1.165, 1.54) is 22.4 Å². The molecular formula is C15H15N. The maximum absolute atomic E-state index is 4.51. The van der Waals surface area contributed by atoms with E-state index in [4.69, 9.17) is 0 Å². The highest BCUT2D eigenvalue weighted by atomic mass is 14.7. The van der Waals surface area contributed by atoms with E-state index in [2.05, 4.69) is 41.4 Å². The van der Waals surface area contributed by atoms with Crippen LogP contribution in [-0.2, 0) is 25.7 Å². The molecule has 2 aromatic rings. The Morgan fingerprint density at radius 3 is 1.81 bits per heavy atom. The quantitative estimate of drug-likeness (QED) is 0.650. The van der Waals surface area contributed by atoms with E-state index in [-0.39, 0.29) is 0 Å². The SMILES string of the molecule is c1cc2ccc1CCc1ccc(nc1)CC2. The van der Waals surface area contributed by atoms with Crippen LogP contribution in [0, 0.1) is 0 Å². The molecule has 6 rings (SSSR count). The lowest BCUT2D eigenvalue weighted by molar-refractivity contribution is 0.881. The number of hydrogen-bond donors (Lipinski definition) is 0. The highest BCUT2D eigenvalue weighted by Gasteiger charge is 2.02. The molecule has 0 saturated heterocycles. The van der Waals surface area contributed by atoms with Gasteiger partial charge in [0.25, 0.3) is 0 Å². The second kappa shape index (κ2) is 4.09. The van der Waals surface area contributed by atoms with Gasteiger partial charge in [0.1, 0.15) is 0 Å². The molecule has 16 heavy (non-hydrogen) atoms. The van der Waals surface area contributed by atoms with Crippen LogP contribution in [0.3, 0.4) is 0 Å². The lowest BCUT2D eigenvalue weighted by atomic mass is 10.00. The van der Waals surface area contributed by atoms with Gasteiger partial charge in [0, 0.05) is 11.9 Å². The fourth-order valence-corrected chi connectivity index (χ4v) is 2.18. The van der Waals surface area contributed by atoms with Crippen molar-refractivity contribution in [3.8, 4) is 0 Å². The Balaban J connectivity index is 1.97. The molecule has 0 unspecified atom stereocenters. The van der Waals surface area contributed by atoms with Crippen molar-refractivity contribution >= 4 is 0 Å². The van der Waals surface area contributed by atoms with Crippen molar-refractivity contribution in [2.24, 2.45) is 0 Å². The molecule has 1 aromatic heterocycles. The van der Waals surface area contributed by atoms with Gasteiger partial charge in [-0.3, -0.25) is 4.98 Å². The van der Waals surface area contributed by atoms with Crippen LogP contribution in [0.4, 0.5) is 0 Å². The Morgan fingerprint density at radius 1 is 0.625 bits per heavy atom. The average molecular weight is 209 g/mol. The predicted octanol–water partition coefficient (Wildman–Crippen LogP) is 2.97. The van der Waals surface area contributed by atoms with Gasteiger partial charge in [0.2, 0.25) is 0 Å². The van der Waals surface area contributed by atoms with Crippen molar-refractivity contribution in [1.82, 2.24) is 4.98 Å². The van der Waals surface area contributed by atoms with Crippen molar-refractivity contribution in [1.29, 1.82) is 0 Å². The van der Waals surface area contributed by atoms with Crippen LogP contribution in [-0.4, -0.2) is 4.98 Å². The third kappa shape index (κ3) is 1.99. The Bertz CT molecular complexity index is 374. The smallest absolute Gasteiger partial charge is 0.0407 e. The van der Waals surface area contributed by atoms with Gasteiger partial charge in [-0.25, -0.2) is 0 Å². The first-order valence-corrected chi connectivity index (χ1v) is 5.92. The zero-order valence-corrected chi connectivity index (χ0v) is 9.32. The molecule has 1 nitrogen and oxygen atoms in total. The van der Waals surface area contributed by atoms with Crippen LogP contribution in [0.5, 0.6) is 0 Å². The van der Waals surface area contributed by atoms with Crippen molar-refractivity contribution in [2.75, 3.05) is 0 Å². The number of aryl methyl sites for hydroxylation is 4. The van der Waals surface area contributed by atoms with Crippen LogP contribution >= 0.6 is 0 Å². The van der Waals surface area contributed by atoms with E-state index in [0.29, 0.717) is 0 Å². The molecule has 0 amide bonds. The summed E-state index contributed by atoms with van der Waals surface area (Å²) in [6.45, 7) is 0. The second-order valence-corrected chi connectivity index (χ2v) is 4.47. The molecule has 0 radical (unpaired) electrons. The maximum atomic E-state index is 4.51. The molecule has 80 valence electrons. The topological polar surface area (TPSA) is 12.9 Å². The van der Waals surface area contributed by atoms with Gasteiger partial charge >= 0.3 is 0 Å². The first kappa shape index (κ1) is 9.59. The summed E-state index contributed by atoms with van der Waals surface area (Å²) in [5, 5.41) is 0. The summed E-state index contributed by atoms with van der Waals surface area (Å²) in [5.74, 6) is 0. The van der Waals surface area contributed by atoms with Crippen molar-refractivity contribution in [3.05, 3.63) is 65.0 Å². The van der Waals surface area contributed by atoms with Crippen molar-refractivity contribution in [2.45, 2.75) is 25.7 Å². The van der Waals surface area contributed by atoms with Crippen LogP contribution in [0.1, 0.15) is 22.4 Å². The van der Waals surface area contributed by atoms with Gasteiger partial charge in [-0.05, 0) is 48.4 Å². The molecule has 0 fully saturated rings. The van der Waals surface area contributed by atoms with E-state index in [1.54, 1.807) is 0 Å². The van der Waals surface area contributed by atoms with E-state index >= 15 is 0 Å². The first-order valence-electron chi connectivity index (χ1n) is 5.92. The molecule has 4 bridgehead atoms. The normalized spacial score (nSPS) is 14.5. The molecule has 0 atom stereocenters. The third-order valence-corrected chi connectivity index (χ3v) is 3.28. The number of pyridine rings is 1. The van der Waals surface area contributed by atoms with Gasteiger partial charge in [0.15, 0.2) is 0 Å². The number of aromatic nitrogens is 1. The number of hydrogen-bond acceptors (Lipinski definition) is 1. The van der Waals surface area contributed by atoms with Crippen molar-refractivity contribution < 1.29 is 0 Å². The molecule has 4 aliphatic rings. The fraction of sp³-hybridized carbons (Fsp3) is 0.267. The van der Waals surface area contributed by atoms with Gasteiger partial charge in [-0.1, -0.05) is 30.3 Å². The van der Waals surface area contributed by atoms with Gasteiger partial charge in [-0.2, -0.15) is 0 Å². The number of rotatable bonds is 0. The van der Waals surface area contributed by atoms with Gasteiger partial charge in [0.05, 0.1) is 0 Å². The lowest BCUT2D eigenvalue weighted by Crippen LogP contribution is -1.99. The maximum Gasteiger partial charge on any atom is 0.0407 e. The van der Waals surface area contributed by atoms with E-state index in [9.17, 15) is 0 Å². The minimum atomic E-state index is 1.04. The first-order chi connectivity index (χ1) is 7.90. The summed E-state index contributed by atoms with van der Waals surface area (Å²) in [4.78, 5) is 4.51. The zero-order valence-electron chi connectivity index (χ0n) is 9.32. The summed E-state index contributed by atoms with van der Waals surface area (Å²) < 4.78 is 0. The standard InChI is InChI=1S/C15H15N/c1-3-13-4-2-12(1)5-6-14-8-10-15(9-7-13)16-11-14/h1-4,8,10-11H,5-7,9H2. The summed E-state index contributed by atoms with van der Waals surface area (Å²) in [6, 6.07) is 13.4. The monoisotopic (exact) mass is 209 g/mol. The molecule has 3 heterocycles. The van der Waals surface area contributed by atoms with Crippen LogP contribution < -0.4 is 0 Å². The van der Waals surface area contributed by atoms with E-state index in [0.717, 1.165) is 25.7 Å². The molecule has 2 aliphatic carbocycles. The van der Waals surface area contributed by atoms with Crippen LogP contribution in [0.2, 0.25) is 0 Å². The third-order valence-electron chi connectivity index (χ3n) is 3.28. The van der Waals surface area contributed by atoms with E-state index < -0.39 is 0 Å². The molecule has 1 aromatic carbocycles. The Kier molecular flexibility index (Phi) is 2.45. The van der Waals surface area contributed by atoms with Gasteiger partial charge < -0.3 is 0 Å². The van der Waals surface area contributed by atoms with Crippen molar-refractivity contribution in [3.63, 3.8) is 0 Å². The highest BCUT2D eigenvalue weighted by Crippen LogP contribution is 2.13. The fourth-order valence-electron chi connectivity index (χ4n) is 2.18. The highest BCUT2D eigenvalue weighted by molar-refractivity contribution is 5.26. The number of benzene rings is 1. The van der Waals surface area contributed by atoms with Gasteiger partial charge in [-0.15, -0.1) is 0 Å². The van der Waals surface area contributed by atoms with Crippen LogP contribution in [0.25, 0.3) is 0 Å². The largest absolute Gasteiger partial charge is 0.261 e. The predicted molar refractivity (Wildman–Crippen MR) is 65.5 cm³/mol. The van der Waals surface area contributed by atoms with E-state index in [1.807, 2.05) is 6.20 Å².